The van der Waals surface area contributed by atoms with Gasteiger partial charge in [-0.05, 0) is 7.05 Å². The molecule has 0 N–H and O–H groups in total. The van der Waals surface area contributed by atoms with Crippen molar-refractivity contribution in [1.82, 2.24) is 13.5 Å². The van der Waals surface area contributed by atoms with Crippen LogP contribution in [0.25, 0.3) is 0 Å². The maximum absolute atomic E-state index is 11.8. The number of rotatable bonds is 4. The van der Waals surface area contributed by atoms with Gasteiger partial charge in [0.2, 0.25) is 0 Å². The van der Waals surface area contributed by atoms with Crippen molar-refractivity contribution in [2.75, 3.05) is 54.4 Å². The third-order valence-electron chi connectivity index (χ3n) is 2.66. The number of nitrogens with zero attached hydrogens (tertiary/aromatic N) is 3. The van der Waals surface area contributed by atoms with Crippen LogP contribution in [0.4, 0.5) is 0 Å². The maximum atomic E-state index is 11.8. The summed E-state index contributed by atoms with van der Waals surface area (Å²) in [5, 5.41) is 0. The Bertz CT molecular complexity index is 318. The maximum Gasteiger partial charge on any atom is 0.281 e. The molecule has 0 aromatic rings. The Hall–Kier alpha value is -0.210. The summed E-state index contributed by atoms with van der Waals surface area (Å²) in [6, 6.07) is 0. The molecular formula is C9H21N3O3S. The van der Waals surface area contributed by atoms with Crippen molar-refractivity contribution in [2.45, 2.75) is 6.10 Å². The van der Waals surface area contributed by atoms with E-state index in [4.69, 9.17) is 4.74 Å². The molecule has 6 nitrogen and oxygen atoms in total. The van der Waals surface area contributed by atoms with E-state index in [1.165, 1.54) is 22.7 Å². The fourth-order valence-electron chi connectivity index (χ4n) is 1.64. The van der Waals surface area contributed by atoms with Crippen LogP contribution >= 0.6 is 0 Å². The molecule has 1 saturated heterocycles. The molecule has 0 bridgehead atoms. The van der Waals surface area contributed by atoms with Crippen LogP contribution in [0.2, 0.25) is 0 Å². The van der Waals surface area contributed by atoms with Crippen molar-refractivity contribution in [3.63, 3.8) is 0 Å². The van der Waals surface area contributed by atoms with E-state index in [0.717, 1.165) is 13.1 Å². The lowest BCUT2D eigenvalue weighted by atomic mass is 10.3. The summed E-state index contributed by atoms with van der Waals surface area (Å²) in [6.45, 7) is 2.73. The molecule has 1 aliphatic heterocycles. The molecule has 16 heavy (non-hydrogen) atoms. The summed E-state index contributed by atoms with van der Waals surface area (Å²) in [4.78, 5) is 2.14. The Morgan fingerprint density at radius 1 is 1.38 bits per heavy atom. The van der Waals surface area contributed by atoms with Crippen LogP contribution in [0.5, 0.6) is 0 Å². The lowest BCUT2D eigenvalue weighted by molar-refractivity contribution is -0.0251. The van der Waals surface area contributed by atoms with Gasteiger partial charge in [0, 0.05) is 40.8 Å². The third-order valence-corrected chi connectivity index (χ3v) is 4.52. The minimum absolute atomic E-state index is 0.0431. The number of hydrogen-bond acceptors (Lipinski definition) is 4. The minimum atomic E-state index is -3.33. The first-order chi connectivity index (χ1) is 7.34. The Kier molecular flexibility index (Phi) is 4.69. The van der Waals surface area contributed by atoms with Gasteiger partial charge in [0.05, 0.1) is 12.7 Å². The molecule has 0 amide bonds. The van der Waals surface area contributed by atoms with Gasteiger partial charge in [-0.2, -0.15) is 17.0 Å². The van der Waals surface area contributed by atoms with E-state index in [9.17, 15) is 8.42 Å². The summed E-state index contributed by atoms with van der Waals surface area (Å²) < 4.78 is 31.6. The van der Waals surface area contributed by atoms with Gasteiger partial charge in [0.1, 0.15) is 0 Å². The van der Waals surface area contributed by atoms with Gasteiger partial charge in [-0.15, -0.1) is 0 Å². The van der Waals surface area contributed by atoms with Gasteiger partial charge < -0.3 is 9.64 Å². The van der Waals surface area contributed by atoms with Gasteiger partial charge in [0.15, 0.2) is 0 Å². The van der Waals surface area contributed by atoms with Crippen LogP contribution in [-0.4, -0.2) is 82.5 Å². The third kappa shape index (κ3) is 3.39. The largest absolute Gasteiger partial charge is 0.374 e. The second-order valence-corrected chi connectivity index (χ2v) is 6.58. The summed E-state index contributed by atoms with van der Waals surface area (Å²) in [7, 11) is 3.32. The second kappa shape index (κ2) is 5.42. The zero-order valence-corrected chi connectivity index (χ0v) is 11.2. The molecule has 1 heterocycles. The Balaban J connectivity index is 2.54. The van der Waals surface area contributed by atoms with Crippen LogP contribution in [0, 0.1) is 0 Å². The number of hydrogen-bond donors (Lipinski definition) is 0. The number of morpholine rings is 1. The van der Waals surface area contributed by atoms with Gasteiger partial charge in [0.25, 0.3) is 10.2 Å². The Morgan fingerprint density at radius 3 is 2.50 bits per heavy atom. The fraction of sp³-hybridized carbons (Fsp3) is 1.00. The van der Waals surface area contributed by atoms with Crippen molar-refractivity contribution < 1.29 is 13.2 Å². The highest BCUT2D eigenvalue weighted by atomic mass is 32.2. The molecule has 0 aliphatic carbocycles. The van der Waals surface area contributed by atoms with Crippen LogP contribution in [0.3, 0.4) is 0 Å². The average Bonchev–Trinajstić information content (AvgIpc) is 2.17. The SMILES string of the molecule is CN1CCOC(CN(C)S(=O)(=O)N(C)C)C1. The van der Waals surface area contributed by atoms with Crippen molar-refractivity contribution in [1.29, 1.82) is 0 Å². The lowest BCUT2D eigenvalue weighted by Crippen LogP contribution is -2.48. The van der Waals surface area contributed by atoms with E-state index in [1.807, 2.05) is 7.05 Å². The number of likely N-dealkylation sites (N-methyl/N-ethyl adjacent to an activating group) is 2. The molecular weight excluding hydrogens is 230 g/mol. The fourth-order valence-corrected chi connectivity index (χ4v) is 2.55. The predicted molar refractivity (Wildman–Crippen MR) is 62.5 cm³/mol. The monoisotopic (exact) mass is 251 g/mol. The highest BCUT2D eigenvalue weighted by Crippen LogP contribution is 2.08. The van der Waals surface area contributed by atoms with E-state index < -0.39 is 10.2 Å². The van der Waals surface area contributed by atoms with Crippen molar-refractivity contribution >= 4 is 10.2 Å². The van der Waals surface area contributed by atoms with Gasteiger partial charge >= 0.3 is 0 Å². The van der Waals surface area contributed by atoms with Gasteiger partial charge in [-0.3, -0.25) is 0 Å². The predicted octanol–water partition coefficient (Wildman–Crippen LogP) is -0.945. The molecule has 0 aromatic carbocycles. The topological polar surface area (TPSA) is 53.1 Å². The van der Waals surface area contributed by atoms with E-state index >= 15 is 0 Å². The van der Waals surface area contributed by atoms with Crippen LogP contribution in [0.1, 0.15) is 0 Å². The highest BCUT2D eigenvalue weighted by molar-refractivity contribution is 7.86. The standard InChI is InChI=1S/C9H21N3O3S/c1-10(2)16(13,14)12(4)8-9-7-11(3)5-6-15-9/h9H,5-8H2,1-4H3. The lowest BCUT2D eigenvalue weighted by Gasteiger charge is -2.32. The quantitative estimate of drug-likeness (QED) is 0.647. The summed E-state index contributed by atoms with van der Waals surface area (Å²) in [5.41, 5.74) is 0. The molecule has 1 atom stereocenters. The van der Waals surface area contributed by atoms with Crippen LogP contribution in [0.15, 0.2) is 0 Å². The summed E-state index contributed by atoms with van der Waals surface area (Å²) in [6.07, 6.45) is -0.0431. The summed E-state index contributed by atoms with van der Waals surface area (Å²) in [5.74, 6) is 0. The van der Waals surface area contributed by atoms with E-state index in [0.29, 0.717) is 13.2 Å². The number of ether oxygens (including phenoxy) is 1. The first-order valence-electron chi connectivity index (χ1n) is 5.28. The minimum Gasteiger partial charge on any atom is -0.374 e. The zero-order chi connectivity index (χ0) is 12.3. The Morgan fingerprint density at radius 2 is 2.00 bits per heavy atom. The normalized spacial score (nSPS) is 24.2. The smallest absolute Gasteiger partial charge is 0.281 e. The molecule has 7 heteroatoms. The average molecular weight is 251 g/mol. The van der Waals surface area contributed by atoms with Crippen LogP contribution in [-0.2, 0) is 14.9 Å². The van der Waals surface area contributed by atoms with Gasteiger partial charge in [-0.25, -0.2) is 0 Å². The first kappa shape index (κ1) is 13.9. The van der Waals surface area contributed by atoms with E-state index in [-0.39, 0.29) is 6.10 Å². The molecule has 0 aromatic heterocycles. The summed E-state index contributed by atoms with van der Waals surface area (Å²) >= 11 is 0. The molecule has 96 valence electrons. The van der Waals surface area contributed by atoms with E-state index in [1.54, 1.807) is 7.05 Å². The molecule has 0 radical (unpaired) electrons. The molecule has 0 spiro atoms. The first-order valence-corrected chi connectivity index (χ1v) is 6.67. The molecule has 1 unspecified atom stereocenters. The molecule has 0 saturated carbocycles. The second-order valence-electron chi connectivity index (χ2n) is 4.33. The zero-order valence-electron chi connectivity index (χ0n) is 10.4. The van der Waals surface area contributed by atoms with E-state index in [2.05, 4.69) is 4.90 Å². The molecule has 1 aliphatic rings. The molecule has 1 fully saturated rings. The van der Waals surface area contributed by atoms with Crippen molar-refractivity contribution in [2.24, 2.45) is 0 Å². The Labute approximate surface area is 97.9 Å². The molecule has 1 rings (SSSR count). The van der Waals surface area contributed by atoms with Crippen molar-refractivity contribution in [3.8, 4) is 0 Å². The highest BCUT2D eigenvalue weighted by Gasteiger charge is 2.26. The van der Waals surface area contributed by atoms with Crippen molar-refractivity contribution in [3.05, 3.63) is 0 Å². The van der Waals surface area contributed by atoms with Gasteiger partial charge in [-0.1, -0.05) is 0 Å². The van der Waals surface area contributed by atoms with Crippen LogP contribution < -0.4 is 0 Å².